The topological polar surface area (TPSA) is 29.1 Å². The number of anilines is 1. The Bertz CT molecular complexity index is 652. The lowest BCUT2D eigenvalue weighted by atomic mass is 10.1. The van der Waals surface area contributed by atoms with Crippen molar-refractivity contribution in [1.29, 1.82) is 0 Å². The second-order valence-corrected chi connectivity index (χ2v) is 5.92. The standard InChI is InChI=1S/C15H12BrF2NOS/c16-10-7-12(18)13(8-11(10)17)19-15(20)14(21)6-9-4-2-1-3-5-9/h1-5,7-8,14,21H,6H2,(H,19,20). The number of benzene rings is 2. The molecule has 2 nitrogen and oxygen atoms in total. The van der Waals surface area contributed by atoms with Crippen LogP contribution >= 0.6 is 28.6 Å². The first-order valence-corrected chi connectivity index (χ1v) is 7.45. The van der Waals surface area contributed by atoms with Crippen molar-refractivity contribution in [2.24, 2.45) is 0 Å². The molecule has 0 heterocycles. The molecule has 0 aliphatic carbocycles. The molecule has 21 heavy (non-hydrogen) atoms. The van der Waals surface area contributed by atoms with Crippen LogP contribution in [-0.4, -0.2) is 11.2 Å². The highest BCUT2D eigenvalue weighted by Crippen LogP contribution is 2.24. The van der Waals surface area contributed by atoms with Gasteiger partial charge in [-0.2, -0.15) is 12.6 Å². The fourth-order valence-electron chi connectivity index (χ4n) is 1.76. The van der Waals surface area contributed by atoms with Crippen LogP contribution in [0.15, 0.2) is 46.9 Å². The van der Waals surface area contributed by atoms with Crippen LogP contribution in [0.25, 0.3) is 0 Å². The van der Waals surface area contributed by atoms with Gasteiger partial charge in [0, 0.05) is 6.07 Å². The number of hydrogen-bond acceptors (Lipinski definition) is 2. The second kappa shape index (κ2) is 7.04. The lowest BCUT2D eigenvalue weighted by Gasteiger charge is -2.12. The largest absolute Gasteiger partial charge is 0.323 e. The number of amides is 1. The van der Waals surface area contributed by atoms with E-state index < -0.39 is 22.8 Å². The monoisotopic (exact) mass is 371 g/mol. The summed E-state index contributed by atoms with van der Waals surface area (Å²) < 4.78 is 27.0. The van der Waals surface area contributed by atoms with E-state index in [1.807, 2.05) is 30.3 Å². The van der Waals surface area contributed by atoms with Crippen LogP contribution in [0.1, 0.15) is 5.56 Å². The predicted octanol–water partition coefficient (Wildman–Crippen LogP) is 4.21. The molecule has 0 fully saturated rings. The Hall–Kier alpha value is -1.40. The minimum absolute atomic E-state index is 0.00436. The van der Waals surface area contributed by atoms with Gasteiger partial charge in [0.25, 0.3) is 0 Å². The van der Waals surface area contributed by atoms with Gasteiger partial charge in [-0.05, 0) is 34.0 Å². The summed E-state index contributed by atoms with van der Waals surface area (Å²) in [5.41, 5.74) is 0.739. The van der Waals surface area contributed by atoms with Crippen LogP contribution in [-0.2, 0) is 11.2 Å². The van der Waals surface area contributed by atoms with E-state index in [9.17, 15) is 13.6 Å². The SMILES string of the molecule is O=C(Nc1cc(F)c(Br)cc1F)C(S)Cc1ccccc1. The van der Waals surface area contributed by atoms with Crippen molar-refractivity contribution in [2.75, 3.05) is 5.32 Å². The maximum Gasteiger partial charge on any atom is 0.237 e. The zero-order valence-electron chi connectivity index (χ0n) is 10.8. The highest BCUT2D eigenvalue weighted by molar-refractivity contribution is 9.10. The number of carbonyl (C=O) groups excluding carboxylic acids is 1. The van der Waals surface area contributed by atoms with Crippen LogP contribution in [0, 0.1) is 11.6 Å². The van der Waals surface area contributed by atoms with Gasteiger partial charge in [0.1, 0.15) is 11.6 Å². The maximum absolute atomic E-state index is 13.6. The third-order valence-corrected chi connectivity index (χ3v) is 3.87. The molecule has 1 amide bonds. The van der Waals surface area contributed by atoms with Gasteiger partial charge in [-0.25, -0.2) is 8.78 Å². The fourth-order valence-corrected chi connectivity index (χ4v) is 2.36. The lowest BCUT2D eigenvalue weighted by molar-refractivity contribution is -0.115. The summed E-state index contributed by atoms with van der Waals surface area (Å²) in [6.07, 6.45) is 0.399. The molecule has 1 N–H and O–H groups in total. The van der Waals surface area contributed by atoms with Crippen LogP contribution in [0.4, 0.5) is 14.5 Å². The first-order chi connectivity index (χ1) is 9.97. The Balaban J connectivity index is 2.06. The summed E-state index contributed by atoms with van der Waals surface area (Å²) in [5, 5.41) is 1.69. The molecule has 0 spiro atoms. The van der Waals surface area contributed by atoms with E-state index in [-0.39, 0.29) is 10.2 Å². The fraction of sp³-hybridized carbons (Fsp3) is 0.133. The quantitative estimate of drug-likeness (QED) is 0.611. The van der Waals surface area contributed by atoms with Gasteiger partial charge in [0.05, 0.1) is 15.4 Å². The Morgan fingerprint density at radius 3 is 2.52 bits per heavy atom. The van der Waals surface area contributed by atoms with Crippen molar-refractivity contribution in [2.45, 2.75) is 11.7 Å². The number of carbonyl (C=O) groups is 1. The highest BCUT2D eigenvalue weighted by atomic mass is 79.9. The molecule has 0 saturated heterocycles. The average Bonchev–Trinajstić information content (AvgIpc) is 2.45. The molecule has 0 bridgehead atoms. The first kappa shape index (κ1) is 16.0. The van der Waals surface area contributed by atoms with E-state index in [4.69, 9.17) is 0 Å². The maximum atomic E-state index is 13.6. The molecule has 2 aromatic rings. The molecule has 0 radical (unpaired) electrons. The number of halogens is 3. The van der Waals surface area contributed by atoms with Crippen molar-refractivity contribution in [1.82, 2.24) is 0 Å². The summed E-state index contributed by atoms with van der Waals surface area (Å²) in [5.74, 6) is -1.84. The van der Waals surface area contributed by atoms with Gasteiger partial charge in [-0.15, -0.1) is 0 Å². The Labute approximate surface area is 135 Å². The van der Waals surface area contributed by atoms with E-state index in [0.717, 1.165) is 17.7 Å². The number of nitrogens with one attached hydrogen (secondary N) is 1. The zero-order chi connectivity index (χ0) is 15.4. The van der Waals surface area contributed by atoms with E-state index >= 15 is 0 Å². The van der Waals surface area contributed by atoms with E-state index in [1.165, 1.54) is 0 Å². The summed E-state index contributed by atoms with van der Waals surface area (Å²) in [6.45, 7) is 0. The van der Waals surface area contributed by atoms with Gasteiger partial charge >= 0.3 is 0 Å². The molecule has 2 rings (SSSR count). The Kier molecular flexibility index (Phi) is 5.36. The molecule has 0 saturated carbocycles. The second-order valence-electron chi connectivity index (χ2n) is 4.44. The summed E-state index contributed by atoms with van der Waals surface area (Å²) >= 11 is 7.09. The van der Waals surface area contributed by atoms with Crippen molar-refractivity contribution in [3.05, 3.63) is 64.1 Å². The van der Waals surface area contributed by atoms with Crippen LogP contribution in [0.3, 0.4) is 0 Å². The van der Waals surface area contributed by atoms with Crippen LogP contribution in [0.5, 0.6) is 0 Å². The Morgan fingerprint density at radius 1 is 1.19 bits per heavy atom. The first-order valence-electron chi connectivity index (χ1n) is 6.15. The predicted molar refractivity (Wildman–Crippen MR) is 85.6 cm³/mol. The van der Waals surface area contributed by atoms with Gasteiger partial charge in [-0.1, -0.05) is 30.3 Å². The van der Waals surface area contributed by atoms with E-state index in [1.54, 1.807) is 0 Å². The molecular formula is C15H12BrF2NOS. The van der Waals surface area contributed by atoms with Gasteiger partial charge in [-0.3, -0.25) is 4.79 Å². The molecular weight excluding hydrogens is 360 g/mol. The number of thiol groups is 1. The molecule has 0 aliphatic rings. The normalized spacial score (nSPS) is 12.0. The minimum Gasteiger partial charge on any atom is -0.323 e. The van der Waals surface area contributed by atoms with Gasteiger partial charge < -0.3 is 5.32 Å². The molecule has 0 aliphatic heterocycles. The van der Waals surface area contributed by atoms with Crippen LogP contribution in [0.2, 0.25) is 0 Å². The molecule has 110 valence electrons. The van der Waals surface area contributed by atoms with Crippen molar-refractivity contribution >= 4 is 40.2 Å². The van der Waals surface area contributed by atoms with Crippen molar-refractivity contribution < 1.29 is 13.6 Å². The number of rotatable bonds is 4. The summed E-state index contributed by atoms with van der Waals surface area (Å²) in [7, 11) is 0. The van der Waals surface area contributed by atoms with Crippen molar-refractivity contribution in [3.8, 4) is 0 Å². The smallest absolute Gasteiger partial charge is 0.237 e. The minimum atomic E-state index is -0.711. The average molecular weight is 372 g/mol. The van der Waals surface area contributed by atoms with Gasteiger partial charge in [0.2, 0.25) is 5.91 Å². The summed E-state index contributed by atoms with van der Waals surface area (Å²) in [6, 6.07) is 11.2. The Morgan fingerprint density at radius 2 is 1.86 bits per heavy atom. The summed E-state index contributed by atoms with van der Waals surface area (Å²) in [4.78, 5) is 12.0. The van der Waals surface area contributed by atoms with E-state index in [0.29, 0.717) is 6.42 Å². The molecule has 1 atom stereocenters. The third kappa shape index (κ3) is 4.28. The van der Waals surface area contributed by atoms with Gasteiger partial charge in [0.15, 0.2) is 0 Å². The lowest BCUT2D eigenvalue weighted by Crippen LogP contribution is -2.25. The van der Waals surface area contributed by atoms with Crippen LogP contribution < -0.4 is 5.32 Å². The molecule has 1 unspecified atom stereocenters. The molecule has 0 aromatic heterocycles. The molecule has 2 aromatic carbocycles. The van der Waals surface area contributed by atoms with E-state index in [2.05, 4.69) is 33.9 Å². The van der Waals surface area contributed by atoms with Crippen molar-refractivity contribution in [3.63, 3.8) is 0 Å². The highest BCUT2D eigenvalue weighted by Gasteiger charge is 2.17. The molecule has 6 heteroatoms. The zero-order valence-corrected chi connectivity index (χ0v) is 13.3. The number of hydrogen-bond donors (Lipinski definition) is 2. The third-order valence-electron chi connectivity index (χ3n) is 2.84.